The Morgan fingerprint density at radius 1 is 1.03 bits per heavy atom. The molecule has 3 N–H and O–H groups in total. The zero-order valence-electron chi connectivity index (χ0n) is 20.4. The summed E-state index contributed by atoms with van der Waals surface area (Å²) in [4.78, 5) is 34.9. The Hall–Kier alpha value is -4.24. The van der Waals surface area contributed by atoms with Crippen molar-refractivity contribution < 1.29 is 14.3 Å². The minimum atomic E-state index is -0.181. The normalized spacial score (nSPS) is 20.5. The highest BCUT2D eigenvalue weighted by molar-refractivity contribution is 6.07. The molecule has 3 aliphatic rings. The van der Waals surface area contributed by atoms with Crippen LogP contribution in [0.25, 0.3) is 22.2 Å². The summed E-state index contributed by atoms with van der Waals surface area (Å²) in [6.45, 7) is 1.93. The molecule has 9 heteroatoms. The van der Waals surface area contributed by atoms with E-state index in [0.29, 0.717) is 43.4 Å². The van der Waals surface area contributed by atoms with Crippen molar-refractivity contribution in [1.29, 1.82) is 0 Å². The van der Waals surface area contributed by atoms with Crippen LogP contribution in [-0.2, 0) is 29.7 Å². The van der Waals surface area contributed by atoms with Gasteiger partial charge >= 0.3 is 0 Å². The molecular weight excluding hydrogens is 468 g/mol. The second-order valence-corrected chi connectivity index (χ2v) is 9.87. The van der Waals surface area contributed by atoms with Crippen molar-refractivity contribution in [2.24, 2.45) is 13.0 Å². The lowest BCUT2D eigenvalue weighted by Gasteiger charge is -2.29. The fourth-order valence-electron chi connectivity index (χ4n) is 5.97. The molecule has 1 fully saturated rings. The average molecular weight is 495 g/mol. The van der Waals surface area contributed by atoms with Crippen molar-refractivity contribution >= 4 is 34.4 Å². The number of pyridine rings is 2. The van der Waals surface area contributed by atoms with Crippen LogP contribution in [0.15, 0.2) is 48.8 Å². The van der Waals surface area contributed by atoms with Crippen LogP contribution in [0.5, 0.6) is 0 Å². The SMILES string of the molecule is Cn1ccc2c(-c3ccc(Nc4ccc5c(n4)CNC(=O)[C@H]4COCC[C@H]54)c4c3CNC4=O)ccnc21. The van der Waals surface area contributed by atoms with E-state index in [2.05, 4.69) is 39.1 Å². The third kappa shape index (κ3) is 3.49. The van der Waals surface area contributed by atoms with Gasteiger partial charge in [0.05, 0.1) is 36.0 Å². The number of ether oxygens (including phenoxy) is 1. The summed E-state index contributed by atoms with van der Waals surface area (Å²) in [7, 11) is 1.98. The van der Waals surface area contributed by atoms with Gasteiger partial charge in [-0.3, -0.25) is 9.59 Å². The summed E-state index contributed by atoms with van der Waals surface area (Å²) in [6, 6.07) is 12.1. The van der Waals surface area contributed by atoms with Crippen molar-refractivity contribution in [2.45, 2.75) is 25.4 Å². The summed E-state index contributed by atoms with van der Waals surface area (Å²) >= 11 is 0. The van der Waals surface area contributed by atoms with Crippen LogP contribution in [0.4, 0.5) is 11.5 Å². The van der Waals surface area contributed by atoms with E-state index in [1.165, 1.54) is 0 Å². The molecule has 0 saturated carbocycles. The first-order chi connectivity index (χ1) is 18.1. The number of nitrogens with one attached hydrogen (secondary N) is 3. The lowest BCUT2D eigenvalue weighted by molar-refractivity contribution is -0.129. The number of fused-ring (bicyclic) bond motifs is 5. The molecule has 1 saturated heterocycles. The van der Waals surface area contributed by atoms with Gasteiger partial charge in [0.1, 0.15) is 11.5 Å². The van der Waals surface area contributed by atoms with E-state index < -0.39 is 0 Å². The van der Waals surface area contributed by atoms with Crippen LogP contribution < -0.4 is 16.0 Å². The first-order valence-electron chi connectivity index (χ1n) is 12.6. The lowest BCUT2D eigenvalue weighted by atomic mass is 9.82. The maximum atomic E-state index is 13.0. The summed E-state index contributed by atoms with van der Waals surface area (Å²) in [5.74, 6) is 0.481. The molecule has 9 nitrogen and oxygen atoms in total. The van der Waals surface area contributed by atoms with E-state index >= 15 is 0 Å². The van der Waals surface area contributed by atoms with Gasteiger partial charge in [-0.1, -0.05) is 12.1 Å². The van der Waals surface area contributed by atoms with E-state index in [1.54, 1.807) is 0 Å². The highest BCUT2D eigenvalue weighted by Crippen LogP contribution is 2.39. The van der Waals surface area contributed by atoms with Gasteiger partial charge in [0.25, 0.3) is 5.91 Å². The standard InChI is InChI=1S/C28H26N6O3/c1-34-10-7-19-16(6-9-29-26(19)34)15-2-4-22(25-20(15)12-30-28(25)36)32-24-5-3-18-17-8-11-37-14-21(17)27(35)31-13-23(18)33-24/h2-7,9-10,17,21H,8,11-14H2,1H3,(H,30,36)(H,31,35)(H,32,33)/t17-,21+/m1/s1. The summed E-state index contributed by atoms with van der Waals surface area (Å²) in [6.07, 6.45) is 4.61. The maximum absolute atomic E-state index is 13.0. The molecule has 7 rings (SSSR count). The Labute approximate surface area is 213 Å². The molecule has 3 aromatic heterocycles. The second-order valence-electron chi connectivity index (χ2n) is 9.87. The van der Waals surface area contributed by atoms with Crippen LogP contribution in [0.3, 0.4) is 0 Å². The minimum Gasteiger partial charge on any atom is -0.381 e. The van der Waals surface area contributed by atoms with Crippen molar-refractivity contribution in [3.8, 4) is 11.1 Å². The summed E-state index contributed by atoms with van der Waals surface area (Å²) in [5, 5.41) is 10.4. The largest absolute Gasteiger partial charge is 0.381 e. The monoisotopic (exact) mass is 494 g/mol. The number of nitrogens with zero attached hydrogens (tertiary/aromatic N) is 3. The van der Waals surface area contributed by atoms with Crippen molar-refractivity contribution in [2.75, 3.05) is 18.5 Å². The predicted octanol–water partition coefficient (Wildman–Crippen LogP) is 3.37. The number of carbonyl (C=O) groups is 2. The van der Waals surface area contributed by atoms with E-state index in [0.717, 1.165) is 45.4 Å². The Balaban J connectivity index is 1.26. The number of amides is 2. The molecule has 4 aromatic rings. The molecule has 0 spiro atoms. The topological polar surface area (TPSA) is 110 Å². The highest BCUT2D eigenvalue weighted by Gasteiger charge is 2.36. The maximum Gasteiger partial charge on any atom is 0.254 e. The van der Waals surface area contributed by atoms with E-state index in [1.807, 2.05) is 42.2 Å². The molecule has 37 heavy (non-hydrogen) atoms. The van der Waals surface area contributed by atoms with Gasteiger partial charge in [0, 0.05) is 43.9 Å². The zero-order valence-corrected chi connectivity index (χ0v) is 20.4. The smallest absolute Gasteiger partial charge is 0.254 e. The molecule has 0 aliphatic carbocycles. The van der Waals surface area contributed by atoms with Crippen LogP contribution in [0.1, 0.15) is 39.5 Å². The van der Waals surface area contributed by atoms with E-state index in [9.17, 15) is 9.59 Å². The molecule has 3 aliphatic heterocycles. The fraction of sp³-hybridized carbons (Fsp3) is 0.286. The number of anilines is 2. The highest BCUT2D eigenvalue weighted by atomic mass is 16.5. The van der Waals surface area contributed by atoms with E-state index in [4.69, 9.17) is 9.72 Å². The first kappa shape index (κ1) is 22.0. The van der Waals surface area contributed by atoms with Crippen molar-refractivity contribution in [3.05, 3.63) is 71.2 Å². The van der Waals surface area contributed by atoms with Gasteiger partial charge in [-0.2, -0.15) is 0 Å². The van der Waals surface area contributed by atoms with Crippen LogP contribution in [0, 0.1) is 5.92 Å². The van der Waals surface area contributed by atoms with Gasteiger partial charge in [-0.15, -0.1) is 0 Å². The molecule has 186 valence electrons. The molecule has 2 amide bonds. The number of benzene rings is 1. The summed E-state index contributed by atoms with van der Waals surface area (Å²) in [5.41, 5.74) is 7.22. The fourth-order valence-corrected chi connectivity index (χ4v) is 5.97. The van der Waals surface area contributed by atoms with Gasteiger partial charge in [0.15, 0.2) is 0 Å². The zero-order chi connectivity index (χ0) is 25.1. The van der Waals surface area contributed by atoms with Crippen LogP contribution >= 0.6 is 0 Å². The third-order valence-electron chi connectivity index (χ3n) is 7.82. The van der Waals surface area contributed by atoms with Gasteiger partial charge < -0.3 is 25.3 Å². The Kier molecular flexibility index (Phi) is 5.00. The second kappa shape index (κ2) is 8.41. The number of rotatable bonds is 3. The Morgan fingerprint density at radius 3 is 2.86 bits per heavy atom. The van der Waals surface area contributed by atoms with E-state index in [-0.39, 0.29) is 23.7 Å². The molecule has 2 atom stereocenters. The first-order valence-corrected chi connectivity index (χ1v) is 12.6. The average Bonchev–Trinajstić information content (AvgIpc) is 3.47. The number of hydrogen-bond acceptors (Lipinski definition) is 6. The molecule has 1 aromatic carbocycles. The van der Waals surface area contributed by atoms with Crippen molar-refractivity contribution in [1.82, 2.24) is 25.2 Å². The van der Waals surface area contributed by atoms with Crippen LogP contribution in [0.2, 0.25) is 0 Å². The number of aromatic nitrogens is 3. The number of hydrogen-bond donors (Lipinski definition) is 3. The van der Waals surface area contributed by atoms with Gasteiger partial charge in [-0.05, 0) is 52.9 Å². The molecule has 0 radical (unpaired) electrons. The van der Waals surface area contributed by atoms with Gasteiger partial charge in [-0.25, -0.2) is 9.97 Å². The third-order valence-corrected chi connectivity index (χ3v) is 7.82. The molecule has 0 bridgehead atoms. The van der Waals surface area contributed by atoms with Crippen molar-refractivity contribution in [3.63, 3.8) is 0 Å². The lowest BCUT2D eigenvalue weighted by Crippen LogP contribution is -2.37. The Morgan fingerprint density at radius 2 is 1.95 bits per heavy atom. The van der Waals surface area contributed by atoms with Crippen LogP contribution in [-0.4, -0.2) is 39.6 Å². The minimum absolute atomic E-state index is 0.0194. The summed E-state index contributed by atoms with van der Waals surface area (Å²) < 4.78 is 7.56. The number of aryl methyl sites for hydroxylation is 1. The molecule has 0 unspecified atom stereocenters. The molecule has 6 heterocycles. The number of carbonyl (C=O) groups excluding carboxylic acids is 2. The quantitative estimate of drug-likeness (QED) is 0.403. The van der Waals surface area contributed by atoms with Gasteiger partial charge in [0.2, 0.25) is 5.91 Å². The Bertz CT molecular complexity index is 1590. The molecular formula is C28H26N6O3. The predicted molar refractivity (Wildman–Crippen MR) is 138 cm³/mol.